The number of aromatic nitrogens is 1. The number of nitrogens with one attached hydrogen (secondary N) is 1. The zero-order valence-electron chi connectivity index (χ0n) is 9.91. The number of carbonyl (C=O) groups is 1. The average Bonchev–Trinajstić information content (AvgIpc) is 2.82. The molecule has 1 heterocycles. The molecular weight excluding hydrogens is 210 g/mol. The first-order valence-electron chi connectivity index (χ1n) is 6.44. The molecule has 2 nitrogen and oxygen atoms in total. The fourth-order valence-corrected chi connectivity index (χ4v) is 2.88. The van der Waals surface area contributed by atoms with Crippen LogP contribution in [0.25, 0.3) is 10.9 Å². The molecule has 0 saturated heterocycles. The van der Waals surface area contributed by atoms with Crippen LogP contribution in [0.15, 0.2) is 24.3 Å². The Hall–Kier alpha value is -1.57. The Labute approximate surface area is 101 Å². The van der Waals surface area contributed by atoms with Gasteiger partial charge in [-0.2, -0.15) is 0 Å². The molecule has 3 rings (SSSR count). The van der Waals surface area contributed by atoms with Gasteiger partial charge in [-0.3, -0.25) is 4.79 Å². The second kappa shape index (κ2) is 4.36. The van der Waals surface area contributed by atoms with Gasteiger partial charge in [0.15, 0.2) is 0 Å². The van der Waals surface area contributed by atoms with E-state index in [1.54, 1.807) is 0 Å². The molecular formula is C15H17NO. The second-order valence-electron chi connectivity index (χ2n) is 5.02. The Balaban J connectivity index is 1.97. The van der Waals surface area contributed by atoms with Crippen molar-refractivity contribution in [2.24, 2.45) is 0 Å². The van der Waals surface area contributed by atoms with Crippen molar-refractivity contribution in [1.29, 1.82) is 0 Å². The number of aldehydes is 1. The molecule has 1 aromatic carbocycles. The monoisotopic (exact) mass is 227 g/mol. The van der Waals surface area contributed by atoms with Gasteiger partial charge < -0.3 is 4.98 Å². The smallest absolute Gasteiger partial charge is 0.150 e. The third-order valence-corrected chi connectivity index (χ3v) is 3.85. The lowest BCUT2D eigenvalue weighted by atomic mass is 9.87. The Morgan fingerprint density at radius 1 is 1.12 bits per heavy atom. The molecule has 88 valence electrons. The van der Waals surface area contributed by atoms with Crippen molar-refractivity contribution < 1.29 is 4.79 Å². The van der Waals surface area contributed by atoms with E-state index in [0.717, 1.165) is 22.8 Å². The van der Waals surface area contributed by atoms with Gasteiger partial charge in [0, 0.05) is 22.2 Å². The minimum atomic E-state index is 0.691. The summed E-state index contributed by atoms with van der Waals surface area (Å²) in [6.07, 6.45) is 7.58. The fraction of sp³-hybridized carbons (Fsp3) is 0.400. The molecule has 0 bridgehead atoms. The van der Waals surface area contributed by atoms with Gasteiger partial charge in [-0.1, -0.05) is 19.3 Å². The van der Waals surface area contributed by atoms with Gasteiger partial charge in [0.05, 0.1) is 0 Å². The van der Waals surface area contributed by atoms with Crippen molar-refractivity contribution >= 4 is 17.2 Å². The highest BCUT2D eigenvalue weighted by molar-refractivity contribution is 5.87. The standard InChI is InChI=1S/C15H17NO/c17-10-11-6-7-14-13(8-11)9-15(16-14)12-4-2-1-3-5-12/h6-10,12,16H,1-5H2. The topological polar surface area (TPSA) is 32.9 Å². The number of aromatic amines is 1. The quantitative estimate of drug-likeness (QED) is 0.772. The zero-order valence-corrected chi connectivity index (χ0v) is 9.91. The summed E-state index contributed by atoms with van der Waals surface area (Å²) in [5.74, 6) is 0.691. The third-order valence-electron chi connectivity index (χ3n) is 3.85. The van der Waals surface area contributed by atoms with Gasteiger partial charge in [-0.15, -0.1) is 0 Å². The van der Waals surface area contributed by atoms with E-state index in [0.29, 0.717) is 5.92 Å². The summed E-state index contributed by atoms with van der Waals surface area (Å²) < 4.78 is 0. The Morgan fingerprint density at radius 2 is 1.94 bits per heavy atom. The maximum Gasteiger partial charge on any atom is 0.150 e. The van der Waals surface area contributed by atoms with Gasteiger partial charge in [-0.25, -0.2) is 0 Å². The van der Waals surface area contributed by atoms with Crippen molar-refractivity contribution in [3.63, 3.8) is 0 Å². The van der Waals surface area contributed by atoms with E-state index >= 15 is 0 Å². The van der Waals surface area contributed by atoms with Gasteiger partial charge in [0.2, 0.25) is 0 Å². The average molecular weight is 227 g/mol. The maximum absolute atomic E-state index is 10.7. The van der Waals surface area contributed by atoms with Gasteiger partial charge >= 0.3 is 0 Å². The summed E-state index contributed by atoms with van der Waals surface area (Å²) in [4.78, 5) is 14.2. The van der Waals surface area contributed by atoms with Crippen LogP contribution >= 0.6 is 0 Å². The first-order chi connectivity index (χ1) is 8.36. The van der Waals surface area contributed by atoms with E-state index in [-0.39, 0.29) is 0 Å². The van der Waals surface area contributed by atoms with Gasteiger partial charge in [-0.05, 0) is 43.0 Å². The molecule has 0 radical (unpaired) electrons. The van der Waals surface area contributed by atoms with Gasteiger partial charge in [0.1, 0.15) is 6.29 Å². The minimum absolute atomic E-state index is 0.691. The van der Waals surface area contributed by atoms with Crippen molar-refractivity contribution in [3.8, 4) is 0 Å². The number of hydrogen-bond donors (Lipinski definition) is 1. The number of rotatable bonds is 2. The van der Waals surface area contributed by atoms with Crippen LogP contribution in [0.4, 0.5) is 0 Å². The molecule has 1 aliphatic rings. The zero-order chi connectivity index (χ0) is 11.7. The predicted octanol–water partition coefficient (Wildman–Crippen LogP) is 4.03. The van der Waals surface area contributed by atoms with Crippen LogP contribution in [0.3, 0.4) is 0 Å². The lowest BCUT2D eigenvalue weighted by Crippen LogP contribution is -2.04. The first kappa shape index (κ1) is 10.6. The van der Waals surface area contributed by atoms with Crippen LogP contribution in [0, 0.1) is 0 Å². The van der Waals surface area contributed by atoms with Gasteiger partial charge in [0.25, 0.3) is 0 Å². The lowest BCUT2D eigenvalue weighted by Gasteiger charge is -2.20. The van der Waals surface area contributed by atoms with Crippen LogP contribution in [-0.4, -0.2) is 11.3 Å². The lowest BCUT2D eigenvalue weighted by molar-refractivity contribution is 0.112. The minimum Gasteiger partial charge on any atom is -0.358 e. The number of fused-ring (bicyclic) bond motifs is 1. The summed E-state index contributed by atoms with van der Waals surface area (Å²) in [6.45, 7) is 0. The molecule has 0 spiro atoms. The number of hydrogen-bond acceptors (Lipinski definition) is 1. The Bertz CT molecular complexity index is 535. The molecule has 1 saturated carbocycles. The van der Waals surface area contributed by atoms with Crippen molar-refractivity contribution in [2.45, 2.75) is 38.0 Å². The van der Waals surface area contributed by atoms with E-state index in [1.165, 1.54) is 37.8 Å². The predicted molar refractivity (Wildman–Crippen MR) is 69.5 cm³/mol. The van der Waals surface area contributed by atoms with Crippen LogP contribution in [0.5, 0.6) is 0 Å². The molecule has 1 aliphatic carbocycles. The highest BCUT2D eigenvalue weighted by atomic mass is 16.1. The summed E-state index contributed by atoms with van der Waals surface area (Å²) in [7, 11) is 0. The van der Waals surface area contributed by atoms with E-state index in [4.69, 9.17) is 0 Å². The summed E-state index contributed by atoms with van der Waals surface area (Å²) in [6, 6.07) is 8.06. The van der Waals surface area contributed by atoms with Crippen LogP contribution in [0.2, 0.25) is 0 Å². The van der Waals surface area contributed by atoms with E-state index in [2.05, 4.69) is 11.1 Å². The summed E-state index contributed by atoms with van der Waals surface area (Å²) in [5.41, 5.74) is 3.26. The highest BCUT2D eigenvalue weighted by Gasteiger charge is 2.17. The van der Waals surface area contributed by atoms with Crippen molar-refractivity contribution in [2.75, 3.05) is 0 Å². The molecule has 0 amide bonds. The van der Waals surface area contributed by atoms with Crippen molar-refractivity contribution in [3.05, 3.63) is 35.5 Å². The Morgan fingerprint density at radius 3 is 2.71 bits per heavy atom. The first-order valence-corrected chi connectivity index (χ1v) is 6.44. The van der Waals surface area contributed by atoms with E-state index < -0.39 is 0 Å². The van der Waals surface area contributed by atoms with E-state index in [1.807, 2.05) is 18.2 Å². The number of benzene rings is 1. The molecule has 17 heavy (non-hydrogen) atoms. The van der Waals surface area contributed by atoms with Crippen LogP contribution < -0.4 is 0 Å². The molecule has 1 aromatic heterocycles. The van der Waals surface area contributed by atoms with Crippen LogP contribution in [0.1, 0.15) is 54.1 Å². The maximum atomic E-state index is 10.7. The summed E-state index contributed by atoms with van der Waals surface area (Å²) >= 11 is 0. The molecule has 2 aromatic rings. The Kier molecular flexibility index (Phi) is 2.71. The molecule has 1 N–H and O–H groups in total. The largest absolute Gasteiger partial charge is 0.358 e. The SMILES string of the molecule is O=Cc1ccc2[nH]c(C3CCCCC3)cc2c1. The van der Waals surface area contributed by atoms with Crippen molar-refractivity contribution in [1.82, 2.24) is 4.98 Å². The second-order valence-corrected chi connectivity index (χ2v) is 5.02. The number of H-pyrrole nitrogens is 1. The molecule has 2 heteroatoms. The molecule has 0 atom stereocenters. The fourth-order valence-electron chi connectivity index (χ4n) is 2.88. The molecule has 0 unspecified atom stereocenters. The highest BCUT2D eigenvalue weighted by Crippen LogP contribution is 2.33. The number of carbonyl (C=O) groups excluding carboxylic acids is 1. The molecule has 1 fully saturated rings. The van der Waals surface area contributed by atoms with E-state index in [9.17, 15) is 4.79 Å². The summed E-state index contributed by atoms with van der Waals surface area (Å²) in [5, 5.41) is 1.16. The third kappa shape index (κ3) is 1.99. The normalized spacial score (nSPS) is 17.4. The molecule has 0 aliphatic heterocycles. The van der Waals surface area contributed by atoms with Crippen LogP contribution in [-0.2, 0) is 0 Å².